The number of amides is 1. The fraction of sp³-hybridized carbons (Fsp3) is 0.143. The molecule has 0 spiro atoms. The fourth-order valence-corrected chi connectivity index (χ4v) is 2.56. The zero-order valence-electron chi connectivity index (χ0n) is 10.5. The van der Waals surface area contributed by atoms with Crippen molar-refractivity contribution in [3.8, 4) is 0 Å². The standard InChI is InChI=1S/C14H12BrClN2O/c1-8-3-4-13(9(2)17-8)18-14(19)10-5-11(15)7-12(16)6-10/h3-7H,1-2H3,(H,18,19). The fourth-order valence-electron chi connectivity index (χ4n) is 1.70. The van der Waals surface area contributed by atoms with Crippen LogP contribution in [-0.4, -0.2) is 10.9 Å². The summed E-state index contributed by atoms with van der Waals surface area (Å²) >= 11 is 9.24. The lowest BCUT2D eigenvalue weighted by molar-refractivity contribution is 0.102. The Hall–Kier alpha value is -1.39. The molecule has 0 bridgehead atoms. The summed E-state index contributed by atoms with van der Waals surface area (Å²) in [6.07, 6.45) is 0. The Balaban J connectivity index is 2.25. The van der Waals surface area contributed by atoms with E-state index in [1.807, 2.05) is 26.0 Å². The molecule has 1 heterocycles. The van der Waals surface area contributed by atoms with Crippen molar-refractivity contribution in [1.29, 1.82) is 0 Å². The van der Waals surface area contributed by atoms with Crippen LogP contribution in [0.4, 0.5) is 5.69 Å². The van der Waals surface area contributed by atoms with Crippen molar-refractivity contribution in [3.63, 3.8) is 0 Å². The Morgan fingerprint density at radius 2 is 2.00 bits per heavy atom. The summed E-state index contributed by atoms with van der Waals surface area (Å²) in [5.74, 6) is -0.211. The summed E-state index contributed by atoms with van der Waals surface area (Å²) in [6.45, 7) is 3.77. The summed E-state index contributed by atoms with van der Waals surface area (Å²) in [6, 6.07) is 8.78. The highest BCUT2D eigenvalue weighted by Gasteiger charge is 2.10. The molecule has 0 unspecified atom stereocenters. The van der Waals surface area contributed by atoms with Crippen LogP contribution in [0.3, 0.4) is 0 Å². The van der Waals surface area contributed by atoms with Gasteiger partial charge in [0, 0.05) is 20.8 Å². The highest BCUT2D eigenvalue weighted by molar-refractivity contribution is 9.10. The Morgan fingerprint density at radius 1 is 1.26 bits per heavy atom. The lowest BCUT2D eigenvalue weighted by Gasteiger charge is -2.09. The molecule has 0 saturated heterocycles. The van der Waals surface area contributed by atoms with E-state index in [1.54, 1.807) is 18.2 Å². The number of pyridine rings is 1. The Morgan fingerprint density at radius 3 is 2.63 bits per heavy atom. The van der Waals surface area contributed by atoms with Crippen LogP contribution in [0.5, 0.6) is 0 Å². The van der Waals surface area contributed by atoms with Crippen LogP contribution in [0.2, 0.25) is 5.02 Å². The summed E-state index contributed by atoms with van der Waals surface area (Å²) < 4.78 is 0.768. The first-order chi connectivity index (χ1) is 8.95. The van der Waals surface area contributed by atoms with Crippen molar-refractivity contribution in [2.24, 2.45) is 0 Å². The number of benzene rings is 1. The minimum atomic E-state index is -0.211. The van der Waals surface area contributed by atoms with E-state index < -0.39 is 0 Å². The number of halogens is 2. The number of rotatable bonds is 2. The molecule has 2 rings (SSSR count). The molecule has 1 amide bonds. The van der Waals surface area contributed by atoms with E-state index in [0.29, 0.717) is 16.3 Å². The number of aryl methyl sites for hydroxylation is 2. The Bertz CT molecular complexity index is 623. The molecule has 1 N–H and O–H groups in total. The van der Waals surface area contributed by atoms with E-state index >= 15 is 0 Å². The summed E-state index contributed by atoms with van der Waals surface area (Å²) in [7, 11) is 0. The van der Waals surface area contributed by atoms with Crippen molar-refractivity contribution in [1.82, 2.24) is 4.98 Å². The second-order valence-corrected chi connectivity index (χ2v) is 5.55. The third-order valence-electron chi connectivity index (χ3n) is 2.60. The third kappa shape index (κ3) is 3.55. The van der Waals surface area contributed by atoms with Gasteiger partial charge in [0.25, 0.3) is 5.91 Å². The van der Waals surface area contributed by atoms with Crippen LogP contribution >= 0.6 is 27.5 Å². The van der Waals surface area contributed by atoms with Crippen LogP contribution in [0.1, 0.15) is 21.7 Å². The van der Waals surface area contributed by atoms with Gasteiger partial charge in [-0.1, -0.05) is 27.5 Å². The summed E-state index contributed by atoms with van der Waals surface area (Å²) in [5, 5.41) is 3.34. The van der Waals surface area contributed by atoms with Crippen LogP contribution in [0.25, 0.3) is 0 Å². The van der Waals surface area contributed by atoms with Gasteiger partial charge >= 0.3 is 0 Å². The maximum absolute atomic E-state index is 12.1. The van der Waals surface area contributed by atoms with Crippen LogP contribution < -0.4 is 5.32 Å². The van der Waals surface area contributed by atoms with Crippen molar-refractivity contribution in [2.75, 3.05) is 5.32 Å². The van der Waals surface area contributed by atoms with E-state index in [4.69, 9.17) is 11.6 Å². The van der Waals surface area contributed by atoms with E-state index in [2.05, 4.69) is 26.2 Å². The van der Waals surface area contributed by atoms with Gasteiger partial charge < -0.3 is 5.32 Å². The molecule has 1 aromatic heterocycles. The SMILES string of the molecule is Cc1ccc(NC(=O)c2cc(Cl)cc(Br)c2)c(C)n1. The Labute approximate surface area is 125 Å². The molecule has 5 heteroatoms. The lowest BCUT2D eigenvalue weighted by Crippen LogP contribution is -2.13. The van der Waals surface area contributed by atoms with E-state index in [-0.39, 0.29) is 5.91 Å². The number of nitrogens with zero attached hydrogens (tertiary/aromatic N) is 1. The lowest BCUT2D eigenvalue weighted by atomic mass is 10.2. The quantitative estimate of drug-likeness (QED) is 0.883. The molecule has 3 nitrogen and oxygen atoms in total. The van der Waals surface area contributed by atoms with Crippen molar-refractivity contribution >= 4 is 39.1 Å². The predicted molar refractivity (Wildman–Crippen MR) is 80.8 cm³/mol. The molecule has 2 aromatic rings. The van der Waals surface area contributed by atoms with Crippen molar-refractivity contribution in [2.45, 2.75) is 13.8 Å². The summed E-state index contributed by atoms with van der Waals surface area (Å²) in [5.41, 5.74) is 2.90. The number of hydrogen-bond acceptors (Lipinski definition) is 2. The normalized spacial score (nSPS) is 10.3. The van der Waals surface area contributed by atoms with Gasteiger partial charge in [0.05, 0.1) is 11.4 Å². The monoisotopic (exact) mass is 338 g/mol. The van der Waals surface area contributed by atoms with Gasteiger partial charge in [-0.15, -0.1) is 0 Å². The molecular formula is C14H12BrClN2O. The summed E-state index contributed by atoms with van der Waals surface area (Å²) in [4.78, 5) is 16.4. The average molecular weight is 340 g/mol. The number of carbonyl (C=O) groups excluding carboxylic acids is 1. The maximum atomic E-state index is 12.1. The molecule has 1 aromatic carbocycles. The number of hydrogen-bond donors (Lipinski definition) is 1. The second kappa shape index (κ2) is 5.72. The van der Waals surface area contributed by atoms with Gasteiger partial charge in [-0.05, 0) is 44.2 Å². The largest absolute Gasteiger partial charge is 0.320 e. The van der Waals surface area contributed by atoms with E-state index in [9.17, 15) is 4.79 Å². The van der Waals surface area contributed by atoms with Gasteiger partial charge in [-0.2, -0.15) is 0 Å². The molecule has 0 aliphatic carbocycles. The van der Waals surface area contributed by atoms with Gasteiger partial charge in [-0.3, -0.25) is 9.78 Å². The molecular weight excluding hydrogens is 328 g/mol. The van der Waals surface area contributed by atoms with Crippen LogP contribution in [-0.2, 0) is 0 Å². The highest BCUT2D eigenvalue weighted by atomic mass is 79.9. The van der Waals surface area contributed by atoms with Crippen molar-refractivity contribution in [3.05, 3.63) is 56.8 Å². The number of nitrogens with one attached hydrogen (secondary N) is 1. The first kappa shape index (κ1) is 14.0. The predicted octanol–water partition coefficient (Wildman–Crippen LogP) is 4.37. The number of carbonyl (C=O) groups is 1. The van der Waals surface area contributed by atoms with Crippen LogP contribution in [0, 0.1) is 13.8 Å². The zero-order chi connectivity index (χ0) is 14.0. The first-order valence-electron chi connectivity index (χ1n) is 5.67. The minimum absolute atomic E-state index is 0.211. The van der Waals surface area contributed by atoms with E-state index in [1.165, 1.54) is 0 Å². The smallest absolute Gasteiger partial charge is 0.255 e. The molecule has 0 fully saturated rings. The Kier molecular flexibility index (Phi) is 4.22. The first-order valence-corrected chi connectivity index (χ1v) is 6.84. The van der Waals surface area contributed by atoms with Crippen LogP contribution in [0.15, 0.2) is 34.8 Å². The van der Waals surface area contributed by atoms with E-state index in [0.717, 1.165) is 15.9 Å². The molecule has 19 heavy (non-hydrogen) atoms. The molecule has 0 atom stereocenters. The van der Waals surface area contributed by atoms with Gasteiger partial charge in [0.2, 0.25) is 0 Å². The van der Waals surface area contributed by atoms with Crippen molar-refractivity contribution < 1.29 is 4.79 Å². The maximum Gasteiger partial charge on any atom is 0.255 e. The third-order valence-corrected chi connectivity index (χ3v) is 3.27. The number of anilines is 1. The molecule has 0 radical (unpaired) electrons. The average Bonchev–Trinajstić information content (AvgIpc) is 2.31. The van der Waals surface area contributed by atoms with Gasteiger partial charge in [-0.25, -0.2) is 0 Å². The zero-order valence-corrected chi connectivity index (χ0v) is 12.8. The molecule has 0 aliphatic heterocycles. The molecule has 0 aliphatic rings. The topological polar surface area (TPSA) is 42.0 Å². The molecule has 98 valence electrons. The van der Waals surface area contributed by atoms with Gasteiger partial charge in [0.1, 0.15) is 0 Å². The highest BCUT2D eigenvalue weighted by Crippen LogP contribution is 2.21. The minimum Gasteiger partial charge on any atom is -0.320 e. The second-order valence-electron chi connectivity index (χ2n) is 4.20. The van der Waals surface area contributed by atoms with Gasteiger partial charge in [0.15, 0.2) is 0 Å². The number of aromatic nitrogens is 1. The molecule has 0 saturated carbocycles.